The normalized spacial score (nSPS) is 24.0. The SMILES string of the molecule is N#CC1=C[C@@H]2[C@H]3C(=O)N(c4ccc5ccccc5c4)C(=O)[C@H]3[C@@H](C(=O)c3cccc([N+](=O)[O-])c3)N2C=C1. The topological polar surface area (TPSA) is 125 Å². The number of imide groups is 1. The minimum atomic E-state index is -1.06. The van der Waals surface area contributed by atoms with Gasteiger partial charge in [0, 0.05) is 23.9 Å². The van der Waals surface area contributed by atoms with E-state index in [4.69, 9.17) is 0 Å². The first-order chi connectivity index (χ1) is 17.9. The van der Waals surface area contributed by atoms with Crippen LogP contribution in [-0.4, -0.2) is 39.5 Å². The van der Waals surface area contributed by atoms with Crippen molar-refractivity contribution in [3.05, 3.63) is 106 Å². The van der Waals surface area contributed by atoms with Gasteiger partial charge >= 0.3 is 0 Å². The van der Waals surface area contributed by atoms with Crippen LogP contribution in [0.4, 0.5) is 11.4 Å². The molecule has 180 valence electrons. The Balaban J connectivity index is 1.45. The Morgan fingerprint density at radius 2 is 1.70 bits per heavy atom. The predicted molar refractivity (Wildman–Crippen MR) is 133 cm³/mol. The summed E-state index contributed by atoms with van der Waals surface area (Å²) in [5.74, 6) is -3.36. The molecule has 0 saturated carbocycles. The van der Waals surface area contributed by atoms with E-state index in [0.717, 1.165) is 15.7 Å². The quantitative estimate of drug-likeness (QED) is 0.236. The van der Waals surface area contributed by atoms with Crippen molar-refractivity contribution in [2.45, 2.75) is 12.1 Å². The summed E-state index contributed by atoms with van der Waals surface area (Å²) < 4.78 is 0. The number of benzene rings is 3. The average Bonchev–Trinajstić information content (AvgIpc) is 3.39. The van der Waals surface area contributed by atoms with Crippen molar-refractivity contribution >= 4 is 39.7 Å². The van der Waals surface area contributed by atoms with Crippen LogP contribution >= 0.6 is 0 Å². The van der Waals surface area contributed by atoms with Crippen molar-refractivity contribution in [1.82, 2.24) is 4.90 Å². The van der Waals surface area contributed by atoms with Crippen LogP contribution in [0.3, 0.4) is 0 Å². The molecule has 9 nitrogen and oxygen atoms in total. The number of allylic oxidation sites excluding steroid dienone is 2. The van der Waals surface area contributed by atoms with E-state index in [1.54, 1.807) is 29.3 Å². The lowest BCUT2D eigenvalue weighted by Crippen LogP contribution is -2.46. The zero-order chi connectivity index (χ0) is 25.8. The van der Waals surface area contributed by atoms with Gasteiger partial charge in [0.25, 0.3) is 5.69 Å². The molecule has 0 aromatic heterocycles. The van der Waals surface area contributed by atoms with Crippen LogP contribution < -0.4 is 4.90 Å². The highest BCUT2D eigenvalue weighted by atomic mass is 16.6. The Kier molecular flexibility index (Phi) is 4.98. The fraction of sp³-hybridized carbons (Fsp3) is 0.143. The minimum absolute atomic E-state index is 0.0754. The monoisotopic (exact) mass is 490 g/mol. The number of nitro benzene ring substituents is 1. The third-order valence-electron chi connectivity index (χ3n) is 7.28. The lowest BCUT2D eigenvalue weighted by atomic mass is 9.86. The van der Waals surface area contributed by atoms with Crippen LogP contribution in [0.15, 0.2) is 90.7 Å². The Morgan fingerprint density at radius 3 is 2.46 bits per heavy atom. The second kappa shape index (κ2) is 8.24. The molecule has 0 spiro atoms. The van der Waals surface area contributed by atoms with Crippen LogP contribution in [0.2, 0.25) is 0 Å². The number of carbonyl (C=O) groups excluding carboxylic acids is 3. The van der Waals surface area contributed by atoms with E-state index in [1.165, 1.54) is 30.3 Å². The minimum Gasteiger partial charge on any atom is -0.359 e. The Bertz CT molecular complexity index is 1630. The maximum absolute atomic E-state index is 13.9. The number of amides is 2. The molecule has 0 radical (unpaired) electrons. The number of Topliss-reactive ketones (excluding diaryl/α,β-unsaturated/α-hetero) is 1. The molecule has 0 N–H and O–H groups in total. The summed E-state index contributed by atoms with van der Waals surface area (Å²) in [5.41, 5.74) is 0.566. The molecule has 2 fully saturated rings. The van der Waals surface area contributed by atoms with Crippen LogP contribution in [0.1, 0.15) is 10.4 Å². The molecule has 6 rings (SSSR count). The van der Waals surface area contributed by atoms with Gasteiger partial charge in [-0.3, -0.25) is 24.5 Å². The third-order valence-corrected chi connectivity index (χ3v) is 7.28. The number of nitrogens with zero attached hydrogens (tertiary/aromatic N) is 4. The number of rotatable bonds is 4. The van der Waals surface area contributed by atoms with E-state index in [0.29, 0.717) is 11.3 Å². The molecule has 37 heavy (non-hydrogen) atoms. The smallest absolute Gasteiger partial charge is 0.270 e. The summed E-state index contributed by atoms with van der Waals surface area (Å²) >= 11 is 0. The standard InChI is InChI=1S/C28H18N4O5/c29-15-16-10-11-30-22(12-16)23-24(25(30)26(33)19-6-3-7-21(14-19)32(36)37)28(35)31(27(23)34)20-9-8-17-4-1-2-5-18(17)13-20/h1-14,22-25H/t22-,23-,24-,25+/m1/s1. The van der Waals surface area contributed by atoms with Gasteiger partial charge in [-0.2, -0.15) is 5.26 Å². The van der Waals surface area contributed by atoms with Crippen molar-refractivity contribution in [3.63, 3.8) is 0 Å². The molecule has 3 heterocycles. The van der Waals surface area contributed by atoms with Gasteiger partial charge in [-0.25, -0.2) is 4.90 Å². The Hall–Kier alpha value is -5.10. The first kappa shape index (κ1) is 22.4. The van der Waals surface area contributed by atoms with E-state index in [1.807, 2.05) is 30.3 Å². The van der Waals surface area contributed by atoms with Gasteiger partial charge < -0.3 is 4.90 Å². The number of ketones is 1. The second-order valence-electron chi connectivity index (χ2n) is 9.20. The number of hydrogen-bond acceptors (Lipinski definition) is 7. The molecule has 3 aromatic rings. The lowest BCUT2D eigenvalue weighted by Gasteiger charge is -2.32. The predicted octanol–water partition coefficient (Wildman–Crippen LogP) is 3.77. The summed E-state index contributed by atoms with van der Waals surface area (Å²) in [6.07, 6.45) is 4.69. The van der Waals surface area contributed by atoms with Crippen molar-refractivity contribution in [3.8, 4) is 6.07 Å². The molecular weight excluding hydrogens is 472 g/mol. The van der Waals surface area contributed by atoms with Gasteiger partial charge in [-0.15, -0.1) is 0 Å². The van der Waals surface area contributed by atoms with Crippen molar-refractivity contribution in [2.24, 2.45) is 11.8 Å². The van der Waals surface area contributed by atoms with E-state index >= 15 is 0 Å². The van der Waals surface area contributed by atoms with E-state index in [-0.39, 0.29) is 11.3 Å². The van der Waals surface area contributed by atoms with Gasteiger partial charge in [0.2, 0.25) is 11.8 Å². The van der Waals surface area contributed by atoms with Gasteiger partial charge in [0.05, 0.1) is 40.1 Å². The number of non-ortho nitro benzene ring substituents is 1. The molecule has 2 amide bonds. The van der Waals surface area contributed by atoms with Gasteiger partial charge in [0.15, 0.2) is 5.78 Å². The molecule has 3 aromatic carbocycles. The van der Waals surface area contributed by atoms with Crippen molar-refractivity contribution in [2.75, 3.05) is 4.90 Å². The number of nitro groups is 1. The van der Waals surface area contributed by atoms with E-state index in [2.05, 4.69) is 6.07 Å². The van der Waals surface area contributed by atoms with Gasteiger partial charge in [0.1, 0.15) is 6.04 Å². The molecule has 9 heteroatoms. The highest BCUT2D eigenvalue weighted by molar-refractivity contribution is 6.25. The maximum atomic E-state index is 13.9. The molecular formula is C28H18N4O5. The Morgan fingerprint density at radius 1 is 0.946 bits per heavy atom. The second-order valence-corrected chi connectivity index (χ2v) is 9.20. The fourth-order valence-corrected chi connectivity index (χ4v) is 5.63. The summed E-state index contributed by atoms with van der Waals surface area (Å²) in [6, 6.07) is 18.5. The first-order valence-electron chi connectivity index (χ1n) is 11.6. The molecule has 0 aliphatic carbocycles. The average molecular weight is 490 g/mol. The number of fused-ring (bicyclic) bond motifs is 4. The van der Waals surface area contributed by atoms with Gasteiger partial charge in [-0.1, -0.05) is 42.5 Å². The summed E-state index contributed by atoms with van der Waals surface area (Å²) in [6.45, 7) is 0. The fourth-order valence-electron chi connectivity index (χ4n) is 5.63. The zero-order valence-electron chi connectivity index (χ0n) is 19.2. The van der Waals surface area contributed by atoms with Crippen molar-refractivity contribution < 1.29 is 19.3 Å². The summed E-state index contributed by atoms with van der Waals surface area (Å²) in [5, 5.41) is 22.6. The first-order valence-corrected chi connectivity index (χ1v) is 11.6. The number of anilines is 1. The summed E-state index contributed by atoms with van der Waals surface area (Å²) in [7, 11) is 0. The largest absolute Gasteiger partial charge is 0.359 e. The summed E-state index contributed by atoms with van der Waals surface area (Å²) in [4.78, 5) is 54.9. The lowest BCUT2D eigenvalue weighted by molar-refractivity contribution is -0.384. The number of hydrogen-bond donors (Lipinski definition) is 0. The third kappa shape index (κ3) is 3.34. The van der Waals surface area contributed by atoms with Crippen LogP contribution in [0, 0.1) is 33.3 Å². The molecule has 0 unspecified atom stereocenters. The zero-order valence-corrected chi connectivity index (χ0v) is 19.2. The molecule has 3 aliphatic heterocycles. The van der Waals surface area contributed by atoms with Crippen LogP contribution in [0.5, 0.6) is 0 Å². The highest BCUT2D eigenvalue weighted by Gasteiger charge is 2.63. The molecule has 2 saturated heterocycles. The van der Waals surface area contributed by atoms with Crippen LogP contribution in [-0.2, 0) is 9.59 Å². The van der Waals surface area contributed by atoms with Gasteiger partial charge in [-0.05, 0) is 35.1 Å². The van der Waals surface area contributed by atoms with Crippen molar-refractivity contribution in [1.29, 1.82) is 5.26 Å². The Labute approximate surface area is 210 Å². The van der Waals surface area contributed by atoms with Crippen LogP contribution in [0.25, 0.3) is 10.8 Å². The maximum Gasteiger partial charge on any atom is 0.270 e. The van der Waals surface area contributed by atoms with E-state index in [9.17, 15) is 29.8 Å². The number of carbonyl (C=O) groups is 3. The molecule has 0 bridgehead atoms. The number of nitriles is 1. The van der Waals surface area contributed by atoms with E-state index < -0.39 is 46.4 Å². The molecule has 4 atom stereocenters. The highest BCUT2D eigenvalue weighted by Crippen LogP contribution is 2.47. The molecule has 3 aliphatic rings.